The second-order valence-corrected chi connectivity index (χ2v) is 4.36. The van der Waals surface area contributed by atoms with Crippen LogP contribution in [-0.2, 0) is 13.2 Å². The number of nitrogens with one attached hydrogen (secondary N) is 1. The summed E-state index contributed by atoms with van der Waals surface area (Å²) in [6.07, 6.45) is -3.03. The first kappa shape index (κ1) is 13.5. The average Bonchev–Trinajstić information content (AvgIpc) is 2.58. The number of anilines is 3. The monoisotopic (exact) mass is 290 g/mol. The highest BCUT2D eigenvalue weighted by molar-refractivity contribution is 6.30. The van der Waals surface area contributed by atoms with E-state index in [9.17, 15) is 13.2 Å². The molecule has 0 aliphatic carbocycles. The molecular formula is C11H10ClF3N4. The van der Waals surface area contributed by atoms with Crippen LogP contribution in [0.5, 0.6) is 0 Å². The van der Waals surface area contributed by atoms with Gasteiger partial charge in [0.2, 0.25) is 0 Å². The summed E-state index contributed by atoms with van der Waals surface area (Å²) in [7, 11) is 1.62. The Morgan fingerprint density at radius 1 is 1.37 bits per heavy atom. The van der Waals surface area contributed by atoms with Gasteiger partial charge in [0.25, 0.3) is 0 Å². The maximum atomic E-state index is 12.9. The molecule has 0 aliphatic heterocycles. The fraction of sp³-hybridized carbons (Fsp3) is 0.182. The molecular weight excluding hydrogens is 281 g/mol. The number of aryl methyl sites for hydroxylation is 1. The largest absolute Gasteiger partial charge is 0.418 e. The average molecular weight is 291 g/mol. The molecule has 4 nitrogen and oxygen atoms in total. The first-order chi connectivity index (χ1) is 8.77. The third-order valence-corrected chi connectivity index (χ3v) is 2.63. The number of halogens is 4. The van der Waals surface area contributed by atoms with Gasteiger partial charge in [0, 0.05) is 18.3 Å². The van der Waals surface area contributed by atoms with Crippen molar-refractivity contribution in [3.63, 3.8) is 0 Å². The molecule has 0 saturated carbocycles. The maximum absolute atomic E-state index is 12.9. The van der Waals surface area contributed by atoms with Crippen LogP contribution in [0.4, 0.5) is 30.4 Å². The zero-order valence-corrected chi connectivity index (χ0v) is 10.5. The van der Waals surface area contributed by atoms with Crippen LogP contribution in [0.2, 0.25) is 5.02 Å². The molecule has 1 aromatic heterocycles. The van der Waals surface area contributed by atoms with Crippen molar-refractivity contribution >= 4 is 28.8 Å². The lowest BCUT2D eigenvalue weighted by atomic mass is 10.1. The lowest BCUT2D eigenvalue weighted by molar-refractivity contribution is -0.136. The van der Waals surface area contributed by atoms with E-state index < -0.39 is 11.7 Å². The molecule has 0 spiro atoms. The molecule has 0 aliphatic rings. The number of alkyl halides is 3. The highest BCUT2D eigenvalue weighted by atomic mass is 35.5. The number of rotatable bonds is 2. The lowest BCUT2D eigenvalue weighted by Gasteiger charge is -2.14. The molecule has 102 valence electrons. The van der Waals surface area contributed by atoms with Crippen molar-refractivity contribution in [1.29, 1.82) is 0 Å². The normalized spacial score (nSPS) is 11.6. The summed E-state index contributed by atoms with van der Waals surface area (Å²) >= 11 is 5.59. The Bertz CT molecular complexity index is 606. The lowest BCUT2D eigenvalue weighted by Crippen LogP contribution is -2.09. The van der Waals surface area contributed by atoms with Crippen LogP contribution in [0.3, 0.4) is 0 Å². The third-order valence-electron chi connectivity index (χ3n) is 2.40. The second-order valence-electron chi connectivity index (χ2n) is 3.92. The van der Waals surface area contributed by atoms with Gasteiger partial charge < -0.3 is 11.1 Å². The Hall–Kier alpha value is -1.89. The molecule has 2 rings (SSSR count). The quantitative estimate of drug-likeness (QED) is 0.891. The Balaban J connectivity index is 2.43. The number of benzene rings is 1. The minimum atomic E-state index is -4.52. The smallest absolute Gasteiger partial charge is 0.394 e. The van der Waals surface area contributed by atoms with Gasteiger partial charge >= 0.3 is 6.18 Å². The van der Waals surface area contributed by atoms with Crippen molar-refractivity contribution in [3.05, 3.63) is 35.0 Å². The summed E-state index contributed by atoms with van der Waals surface area (Å²) in [5, 5.41) is 6.50. The predicted molar refractivity (Wildman–Crippen MR) is 67.4 cm³/mol. The fourth-order valence-corrected chi connectivity index (χ4v) is 1.76. The van der Waals surface area contributed by atoms with E-state index in [1.54, 1.807) is 7.05 Å². The van der Waals surface area contributed by atoms with E-state index >= 15 is 0 Å². The van der Waals surface area contributed by atoms with Crippen molar-refractivity contribution in [1.82, 2.24) is 9.78 Å². The van der Waals surface area contributed by atoms with Crippen molar-refractivity contribution in [2.24, 2.45) is 7.05 Å². The molecule has 0 atom stereocenters. The summed E-state index contributed by atoms with van der Waals surface area (Å²) in [6, 6.07) is 3.44. The molecule has 19 heavy (non-hydrogen) atoms. The highest BCUT2D eigenvalue weighted by Gasteiger charge is 2.34. The third kappa shape index (κ3) is 2.93. The topological polar surface area (TPSA) is 55.9 Å². The van der Waals surface area contributed by atoms with E-state index in [1.807, 2.05) is 0 Å². The summed E-state index contributed by atoms with van der Waals surface area (Å²) < 4.78 is 40.0. The maximum Gasteiger partial charge on any atom is 0.418 e. The van der Waals surface area contributed by atoms with Gasteiger partial charge in [-0.05, 0) is 18.2 Å². The second kappa shape index (κ2) is 4.65. The number of hydrogen-bond donors (Lipinski definition) is 2. The number of nitrogens with zero attached hydrogens (tertiary/aromatic N) is 2. The van der Waals surface area contributed by atoms with Gasteiger partial charge in [-0.1, -0.05) is 11.6 Å². The van der Waals surface area contributed by atoms with E-state index in [0.29, 0.717) is 0 Å². The molecule has 2 aromatic rings. The van der Waals surface area contributed by atoms with Gasteiger partial charge in [-0.15, -0.1) is 0 Å². The van der Waals surface area contributed by atoms with Gasteiger partial charge in [-0.2, -0.15) is 18.3 Å². The summed E-state index contributed by atoms with van der Waals surface area (Å²) in [6.45, 7) is 0. The molecule has 0 fully saturated rings. The Kier molecular flexibility index (Phi) is 3.32. The fourth-order valence-electron chi connectivity index (χ4n) is 1.59. The zero-order valence-electron chi connectivity index (χ0n) is 9.79. The van der Waals surface area contributed by atoms with Gasteiger partial charge in [0.1, 0.15) is 0 Å². The van der Waals surface area contributed by atoms with E-state index in [1.165, 1.54) is 23.0 Å². The van der Waals surface area contributed by atoms with Gasteiger partial charge in [-0.3, -0.25) is 4.68 Å². The summed E-state index contributed by atoms with van der Waals surface area (Å²) in [5.41, 5.74) is 4.86. The highest BCUT2D eigenvalue weighted by Crippen LogP contribution is 2.38. The number of nitrogens with two attached hydrogens (primary N) is 1. The Labute approximate surface area is 112 Å². The first-order valence-electron chi connectivity index (χ1n) is 5.20. The van der Waals surface area contributed by atoms with Gasteiger partial charge in [-0.25, -0.2) is 0 Å². The molecule has 1 aromatic carbocycles. The van der Waals surface area contributed by atoms with Crippen LogP contribution in [0.15, 0.2) is 24.4 Å². The van der Waals surface area contributed by atoms with Crippen LogP contribution in [0, 0.1) is 0 Å². The van der Waals surface area contributed by atoms with Crippen molar-refractivity contribution in [2.45, 2.75) is 6.18 Å². The van der Waals surface area contributed by atoms with Gasteiger partial charge in [0.15, 0.2) is 5.82 Å². The minimum absolute atomic E-state index is 0.00636. The van der Waals surface area contributed by atoms with Crippen LogP contribution in [0.1, 0.15) is 5.56 Å². The van der Waals surface area contributed by atoms with Crippen LogP contribution in [-0.4, -0.2) is 9.78 Å². The molecule has 8 heteroatoms. The van der Waals surface area contributed by atoms with E-state index in [0.717, 1.165) is 6.07 Å². The SMILES string of the molecule is Cn1cc(N)c(Nc2ccc(Cl)cc2C(F)(F)F)n1. The van der Waals surface area contributed by atoms with E-state index in [-0.39, 0.29) is 22.2 Å². The summed E-state index contributed by atoms with van der Waals surface area (Å²) in [5.74, 6) is 0.162. The standard InChI is InChI=1S/C11H10ClF3N4/c1-19-5-8(16)10(18-19)17-9-3-2-6(12)4-7(9)11(13,14)15/h2-5H,16H2,1H3,(H,17,18). The van der Waals surface area contributed by atoms with Crippen LogP contribution in [0.25, 0.3) is 0 Å². The van der Waals surface area contributed by atoms with Crippen molar-refractivity contribution in [3.8, 4) is 0 Å². The molecule has 0 bridgehead atoms. The van der Waals surface area contributed by atoms with E-state index in [2.05, 4.69) is 10.4 Å². The van der Waals surface area contributed by atoms with Crippen LogP contribution < -0.4 is 11.1 Å². The molecule has 0 radical (unpaired) electrons. The van der Waals surface area contributed by atoms with E-state index in [4.69, 9.17) is 17.3 Å². The Morgan fingerprint density at radius 3 is 2.58 bits per heavy atom. The van der Waals surface area contributed by atoms with Crippen LogP contribution >= 0.6 is 11.6 Å². The Morgan fingerprint density at radius 2 is 2.05 bits per heavy atom. The number of hydrogen-bond acceptors (Lipinski definition) is 3. The first-order valence-corrected chi connectivity index (χ1v) is 5.58. The minimum Gasteiger partial charge on any atom is -0.394 e. The molecule has 0 amide bonds. The van der Waals surface area contributed by atoms with Crippen molar-refractivity contribution in [2.75, 3.05) is 11.1 Å². The molecule has 0 unspecified atom stereocenters. The predicted octanol–water partition coefficient (Wildman–Crippen LogP) is 3.42. The molecule has 0 saturated heterocycles. The number of aromatic nitrogens is 2. The molecule has 3 N–H and O–H groups in total. The zero-order chi connectivity index (χ0) is 14.2. The summed E-state index contributed by atoms with van der Waals surface area (Å²) in [4.78, 5) is 0. The van der Waals surface area contributed by atoms with Gasteiger partial charge in [0.05, 0.1) is 16.9 Å². The van der Waals surface area contributed by atoms with Crippen molar-refractivity contribution < 1.29 is 13.2 Å². The molecule has 1 heterocycles. The number of nitrogen functional groups attached to an aromatic ring is 1.